The van der Waals surface area contributed by atoms with E-state index < -0.39 is 11.4 Å². The molecule has 0 unspecified atom stereocenters. The molecule has 4 nitrogen and oxygen atoms in total. The van der Waals surface area contributed by atoms with Gasteiger partial charge in [0.15, 0.2) is 0 Å². The van der Waals surface area contributed by atoms with Crippen molar-refractivity contribution < 1.29 is 13.2 Å². The summed E-state index contributed by atoms with van der Waals surface area (Å²) in [5, 5.41) is 1.72. The molecule has 0 radical (unpaired) electrons. The molecule has 0 spiro atoms. The first-order valence-electron chi connectivity index (χ1n) is 8.36. The largest absolute Gasteiger partial charge is 0.402 e. The maximum absolute atomic E-state index is 14.2. The van der Waals surface area contributed by atoms with Gasteiger partial charge in [-0.25, -0.2) is 18.6 Å². The molecule has 0 N–H and O–H groups in total. The summed E-state index contributed by atoms with van der Waals surface area (Å²) in [4.78, 5) is 16.8. The van der Waals surface area contributed by atoms with Gasteiger partial charge in [-0.2, -0.15) is 0 Å². The number of halogens is 2. The van der Waals surface area contributed by atoms with E-state index in [9.17, 15) is 13.6 Å². The summed E-state index contributed by atoms with van der Waals surface area (Å²) in [7, 11) is 0. The van der Waals surface area contributed by atoms with Gasteiger partial charge in [-0.15, -0.1) is 0 Å². The highest BCUT2D eigenvalue weighted by molar-refractivity contribution is 6.18. The molecule has 5 rings (SSSR count). The van der Waals surface area contributed by atoms with E-state index in [1.807, 2.05) is 0 Å². The number of benzene rings is 2. The zero-order valence-corrected chi connectivity index (χ0v) is 13.9. The Balaban J connectivity index is 1.96. The van der Waals surface area contributed by atoms with Crippen molar-refractivity contribution in [2.24, 2.45) is 0 Å². The van der Waals surface area contributed by atoms with E-state index in [1.54, 1.807) is 41.0 Å². The highest BCUT2D eigenvalue weighted by atomic mass is 19.1. The maximum Gasteiger partial charge on any atom is 0.362 e. The molecule has 0 atom stereocenters. The van der Waals surface area contributed by atoms with Gasteiger partial charge in [0, 0.05) is 33.4 Å². The summed E-state index contributed by atoms with van der Waals surface area (Å²) >= 11 is 0. The zero-order chi connectivity index (χ0) is 18.5. The molecule has 5 aromatic rings. The van der Waals surface area contributed by atoms with Crippen LogP contribution in [0.5, 0.6) is 0 Å². The second-order valence-corrected chi connectivity index (χ2v) is 6.31. The average Bonchev–Trinajstić information content (AvgIpc) is 2.98. The van der Waals surface area contributed by atoms with E-state index in [4.69, 9.17) is 4.42 Å². The number of hydrogen-bond donors (Lipinski definition) is 0. The van der Waals surface area contributed by atoms with Gasteiger partial charge in [0.05, 0.1) is 6.54 Å². The lowest BCUT2D eigenvalue weighted by atomic mass is 10.1. The Morgan fingerprint density at radius 1 is 1.00 bits per heavy atom. The number of hydrogen-bond acceptors (Lipinski definition) is 3. The van der Waals surface area contributed by atoms with Crippen LogP contribution < -0.4 is 5.63 Å². The van der Waals surface area contributed by atoms with Crippen LogP contribution in [-0.2, 0) is 6.54 Å². The van der Waals surface area contributed by atoms with Gasteiger partial charge in [-0.3, -0.25) is 0 Å². The van der Waals surface area contributed by atoms with Crippen LogP contribution in [0.25, 0.3) is 32.9 Å². The molecule has 27 heavy (non-hydrogen) atoms. The summed E-state index contributed by atoms with van der Waals surface area (Å²) in [6, 6.07) is 14.1. The molecule has 132 valence electrons. The van der Waals surface area contributed by atoms with Gasteiger partial charge in [0.2, 0.25) is 5.71 Å². The van der Waals surface area contributed by atoms with Crippen LogP contribution in [0.4, 0.5) is 8.78 Å². The topological polar surface area (TPSA) is 48.0 Å². The van der Waals surface area contributed by atoms with Gasteiger partial charge in [0.25, 0.3) is 0 Å². The summed E-state index contributed by atoms with van der Waals surface area (Å²) in [6.07, 6.45) is 1.52. The summed E-state index contributed by atoms with van der Waals surface area (Å²) in [5.74, 6) is -0.792. The summed E-state index contributed by atoms with van der Waals surface area (Å²) < 4.78 is 35.2. The molecule has 0 amide bonds. The van der Waals surface area contributed by atoms with E-state index in [0.29, 0.717) is 27.2 Å². The van der Waals surface area contributed by atoms with E-state index in [2.05, 4.69) is 4.98 Å². The van der Waals surface area contributed by atoms with Crippen molar-refractivity contribution in [1.82, 2.24) is 9.55 Å². The molecule has 0 fully saturated rings. The van der Waals surface area contributed by atoms with Crippen LogP contribution >= 0.6 is 0 Å². The van der Waals surface area contributed by atoms with Crippen molar-refractivity contribution in [2.75, 3.05) is 0 Å². The molecular formula is C21H12F2N2O2. The Bertz CT molecular complexity index is 1400. The molecule has 3 heterocycles. The first-order valence-corrected chi connectivity index (χ1v) is 8.36. The Morgan fingerprint density at radius 2 is 1.85 bits per heavy atom. The minimum atomic E-state index is -0.593. The average molecular weight is 362 g/mol. The zero-order valence-electron chi connectivity index (χ0n) is 13.9. The van der Waals surface area contributed by atoms with Gasteiger partial charge in [-0.05, 0) is 36.4 Å². The monoisotopic (exact) mass is 362 g/mol. The second kappa shape index (κ2) is 5.74. The molecule has 0 aliphatic heterocycles. The molecule has 0 aliphatic rings. The Labute approximate surface area is 151 Å². The third kappa shape index (κ3) is 2.33. The lowest BCUT2D eigenvalue weighted by molar-refractivity contribution is 0.552. The smallest absolute Gasteiger partial charge is 0.362 e. The van der Waals surface area contributed by atoms with E-state index in [-0.39, 0.29) is 23.6 Å². The molecule has 0 aliphatic carbocycles. The Kier molecular flexibility index (Phi) is 3.33. The molecule has 0 saturated carbocycles. The van der Waals surface area contributed by atoms with Crippen LogP contribution in [0, 0.1) is 11.6 Å². The highest BCUT2D eigenvalue weighted by Crippen LogP contribution is 2.33. The SMILES string of the molecule is O=c1oc2ncccc2c2c3cc(F)ccc3n(Cc3ccccc3F)c12. The molecule has 2 aromatic carbocycles. The fraction of sp³-hybridized carbons (Fsp3) is 0.0476. The summed E-state index contributed by atoms with van der Waals surface area (Å²) in [6.45, 7) is 0.120. The maximum atomic E-state index is 14.2. The van der Waals surface area contributed by atoms with Crippen molar-refractivity contribution in [3.8, 4) is 0 Å². The van der Waals surface area contributed by atoms with Crippen LogP contribution in [0.1, 0.15) is 5.56 Å². The summed E-state index contributed by atoms with van der Waals surface area (Å²) in [5.41, 5.74) is 0.900. The van der Waals surface area contributed by atoms with E-state index in [0.717, 1.165) is 0 Å². The molecule has 0 saturated heterocycles. The first kappa shape index (κ1) is 15.7. The minimum Gasteiger partial charge on any atom is -0.402 e. The number of rotatable bonds is 2. The van der Waals surface area contributed by atoms with Crippen LogP contribution in [-0.4, -0.2) is 9.55 Å². The molecule has 0 bridgehead atoms. The second-order valence-electron chi connectivity index (χ2n) is 6.31. The third-order valence-electron chi connectivity index (χ3n) is 4.73. The molecule has 3 aromatic heterocycles. The predicted octanol–water partition coefficient (Wildman–Crippen LogP) is 4.62. The van der Waals surface area contributed by atoms with Crippen molar-refractivity contribution in [1.29, 1.82) is 0 Å². The third-order valence-corrected chi connectivity index (χ3v) is 4.73. The molecular weight excluding hydrogens is 350 g/mol. The van der Waals surface area contributed by atoms with E-state index in [1.165, 1.54) is 24.4 Å². The lowest BCUT2D eigenvalue weighted by Crippen LogP contribution is -2.09. The number of fused-ring (bicyclic) bond motifs is 5. The van der Waals surface area contributed by atoms with Gasteiger partial charge in [0.1, 0.15) is 17.2 Å². The minimum absolute atomic E-state index is 0.120. The highest BCUT2D eigenvalue weighted by Gasteiger charge is 2.20. The number of pyridine rings is 1. The number of aromatic nitrogens is 2. The van der Waals surface area contributed by atoms with Crippen molar-refractivity contribution in [2.45, 2.75) is 6.54 Å². The van der Waals surface area contributed by atoms with Gasteiger partial charge in [-0.1, -0.05) is 18.2 Å². The van der Waals surface area contributed by atoms with E-state index >= 15 is 0 Å². The van der Waals surface area contributed by atoms with Gasteiger partial charge >= 0.3 is 5.63 Å². The first-order chi connectivity index (χ1) is 13.1. The normalized spacial score (nSPS) is 11.6. The molecule has 6 heteroatoms. The van der Waals surface area contributed by atoms with Crippen LogP contribution in [0.3, 0.4) is 0 Å². The van der Waals surface area contributed by atoms with Gasteiger partial charge < -0.3 is 8.98 Å². The van der Waals surface area contributed by atoms with Crippen molar-refractivity contribution >= 4 is 32.9 Å². The standard InChI is InChI=1S/C21H12F2N2O2/c22-13-7-8-17-15(10-13)18-14-5-3-9-24-20(14)27-21(26)19(18)25(17)11-12-4-1-2-6-16(12)23/h1-10H,11H2. The Morgan fingerprint density at radius 3 is 2.70 bits per heavy atom. The number of nitrogens with zero attached hydrogens (tertiary/aromatic N) is 2. The quantitative estimate of drug-likeness (QED) is 0.460. The Hall–Kier alpha value is -3.54. The predicted molar refractivity (Wildman–Crippen MR) is 98.7 cm³/mol. The van der Waals surface area contributed by atoms with Crippen LogP contribution in [0.15, 0.2) is 70.0 Å². The lowest BCUT2D eigenvalue weighted by Gasteiger charge is -2.08. The van der Waals surface area contributed by atoms with Crippen LogP contribution in [0.2, 0.25) is 0 Å². The van der Waals surface area contributed by atoms with Crippen molar-refractivity contribution in [3.05, 3.63) is 88.4 Å². The fourth-order valence-corrected chi connectivity index (χ4v) is 3.57. The fourth-order valence-electron chi connectivity index (χ4n) is 3.57. The van der Waals surface area contributed by atoms with Crippen molar-refractivity contribution in [3.63, 3.8) is 0 Å².